The number of morpholine rings is 1. The van der Waals surface area contributed by atoms with E-state index in [2.05, 4.69) is 9.88 Å². The summed E-state index contributed by atoms with van der Waals surface area (Å²) in [5.41, 5.74) is 0.993. The lowest BCUT2D eigenvalue weighted by Crippen LogP contribution is -2.60. The normalized spacial score (nSPS) is 28.1. The van der Waals surface area contributed by atoms with Crippen LogP contribution < -0.4 is 9.80 Å². The summed E-state index contributed by atoms with van der Waals surface area (Å²) in [6.45, 7) is 1.03. The van der Waals surface area contributed by atoms with Crippen LogP contribution in [0.25, 0.3) is 5.57 Å². The zero-order valence-corrected chi connectivity index (χ0v) is 25.8. The van der Waals surface area contributed by atoms with Crippen LogP contribution in [0, 0.1) is 5.92 Å². The number of nitrogens with zero attached hydrogens (tertiary/aromatic N) is 4. The predicted octanol–water partition coefficient (Wildman–Crippen LogP) is 4.49. The van der Waals surface area contributed by atoms with Crippen molar-refractivity contribution in [1.29, 1.82) is 0 Å². The lowest BCUT2D eigenvalue weighted by Gasteiger charge is -2.44. The van der Waals surface area contributed by atoms with Crippen LogP contribution in [-0.4, -0.2) is 85.3 Å². The number of anilines is 2. The molecule has 234 valence electrons. The minimum atomic E-state index is -4.05. The number of piperazine rings is 1. The van der Waals surface area contributed by atoms with Crippen LogP contribution in [0.1, 0.15) is 59.5 Å². The van der Waals surface area contributed by atoms with Crippen molar-refractivity contribution in [3.8, 4) is 0 Å². The van der Waals surface area contributed by atoms with E-state index in [-0.39, 0.29) is 46.5 Å². The third-order valence-electron chi connectivity index (χ3n) is 9.55. The summed E-state index contributed by atoms with van der Waals surface area (Å²) in [6.07, 6.45) is 11.1. The fourth-order valence-electron chi connectivity index (χ4n) is 7.30. The van der Waals surface area contributed by atoms with Crippen LogP contribution >= 0.6 is 11.3 Å². The summed E-state index contributed by atoms with van der Waals surface area (Å²) in [4.78, 5) is 35.2. The van der Waals surface area contributed by atoms with Crippen molar-refractivity contribution in [2.75, 3.05) is 36.0 Å². The molecule has 3 aliphatic heterocycles. The van der Waals surface area contributed by atoms with Gasteiger partial charge in [0.2, 0.25) is 15.9 Å². The number of carbonyl (C=O) groups excluding carboxylic acids is 1. The molecule has 44 heavy (non-hydrogen) atoms. The number of carbonyl (C=O) groups is 2. The van der Waals surface area contributed by atoms with Crippen molar-refractivity contribution in [2.24, 2.45) is 5.92 Å². The maximum atomic E-state index is 14.0. The van der Waals surface area contributed by atoms with E-state index in [0.717, 1.165) is 56.4 Å². The topological polar surface area (TPSA) is 120 Å². The number of hydrogen-bond acceptors (Lipinski definition) is 8. The number of carboxylic acids is 1. The Kier molecular flexibility index (Phi) is 7.84. The zero-order valence-electron chi connectivity index (χ0n) is 24.2. The minimum Gasteiger partial charge on any atom is -0.477 e. The van der Waals surface area contributed by atoms with E-state index >= 15 is 0 Å². The Morgan fingerprint density at radius 1 is 1.16 bits per heavy atom. The molecule has 3 saturated heterocycles. The quantitative estimate of drug-likeness (QED) is 0.470. The molecule has 10 nitrogen and oxygen atoms in total. The second-order valence-electron chi connectivity index (χ2n) is 12.3. The monoisotopic (exact) mass is 642 g/mol. The summed E-state index contributed by atoms with van der Waals surface area (Å²) in [7, 11) is -4.05. The van der Waals surface area contributed by atoms with Crippen LogP contribution in [-0.2, 0) is 19.6 Å². The van der Waals surface area contributed by atoms with Gasteiger partial charge in [-0.25, -0.2) is 22.6 Å². The number of pyridine rings is 1. The third kappa shape index (κ3) is 5.37. The third-order valence-corrected chi connectivity index (χ3v) is 12.5. The Morgan fingerprint density at radius 2 is 1.98 bits per heavy atom. The molecule has 2 aliphatic carbocycles. The van der Waals surface area contributed by atoms with Crippen molar-refractivity contribution in [1.82, 2.24) is 9.29 Å². The number of thiophene rings is 1. The average Bonchev–Trinajstić information content (AvgIpc) is 3.78. The van der Waals surface area contributed by atoms with Crippen LogP contribution in [0.4, 0.5) is 15.9 Å². The molecule has 1 unspecified atom stereocenters. The zero-order chi connectivity index (χ0) is 30.6. The standard InChI is InChI=1S/C31H35FN4O6S2/c32-21-8-6-20(7-9-21)27-13-25(30(43-27)31(38)39)36-26(19-4-2-1-3-5-19)16-34(17-29(36)37)44(40,41)24-10-11-28(33-14-24)35-15-23-12-22(35)18-42-23/h6-8,10-11,13-14,19,21-23,26H,1-5,9,12,15-18H2,(H,38,39)/t21?,22-,23-,26+/m1/s1. The van der Waals surface area contributed by atoms with Crippen molar-refractivity contribution < 1.29 is 32.2 Å². The molecule has 0 spiro atoms. The molecule has 0 aromatic carbocycles. The van der Waals surface area contributed by atoms with Gasteiger partial charge in [0.25, 0.3) is 0 Å². The number of rotatable bonds is 7. The summed E-state index contributed by atoms with van der Waals surface area (Å²) < 4.78 is 48.5. The van der Waals surface area contributed by atoms with Gasteiger partial charge in [0.05, 0.1) is 37.0 Å². The molecule has 13 heteroatoms. The number of aromatic nitrogens is 1. The number of halogens is 1. The molecule has 0 radical (unpaired) electrons. The average molecular weight is 643 g/mol. The number of hydrogen-bond donors (Lipinski definition) is 1. The predicted molar refractivity (Wildman–Crippen MR) is 164 cm³/mol. The molecule has 1 saturated carbocycles. The van der Waals surface area contributed by atoms with Gasteiger partial charge in [0.1, 0.15) is 21.8 Å². The van der Waals surface area contributed by atoms with Gasteiger partial charge in [-0.15, -0.1) is 11.3 Å². The van der Waals surface area contributed by atoms with Gasteiger partial charge < -0.3 is 19.6 Å². The summed E-state index contributed by atoms with van der Waals surface area (Å²) in [6, 6.07) is 4.69. The van der Waals surface area contributed by atoms with Crippen LogP contribution in [0.2, 0.25) is 0 Å². The maximum Gasteiger partial charge on any atom is 0.348 e. The number of carboxylic acid groups (broad SMARTS) is 1. The highest BCUT2D eigenvalue weighted by Gasteiger charge is 2.45. The first-order chi connectivity index (χ1) is 21.2. The van der Waals surface area contributed by atoms with E-state index in [9.17, 15) is 27.5 Å². The Labute approximate surface area is 259 Å². The molecular weight excluding hydrogens is 607 g/mol. The van der Waals surface area contributed by atoms with Gasteiger partial charge in [-0.1, -0.05) is 31.4 Å². The fourth-order valence-corrected chi connectivity index (χ4v) is 9.66. The number of ether oxygens (including phenoxy) is 1. The summed E-state index contributed by atoms with van der Waals surface area (Å²) in [5, 5.41) is 10.1. The van der Waals surface area contributed by atoms with Gasteiger partial charge >= 0.3 is 5.97 Å². The summed E-state index contributed by atoms with van der Waals surface area (Å²) >= 11 is 1.05. The first-order valence-electron chi connectivity index (χ1n) is 15.3. The van der Waals surface area contributed by atoms with Crippen LogP contribution in [0.3, 0.4) is 0 Å². The van der Waals surface area contributed by atoms with E-state index in [1.165, 1.54) is 16.6 Å². The smallest absolute Gasteiger partial charge is 0.348 e. The number of amides is 1. The van der Waals surface area contributed by atoms with Crippen LogP contribution in [0.5, 0.6) is 0 Å². The molecule has 2 bridgehead atoms. The molecule has 5 heterocycles. The molecule has 5 aliphatic rings. The van der Waals surface area contributed by atoms with Gasteiger partial charge in [0.15, 0.2) is 0 Å². The van der Waals surface area contributed by atoms with Crippen molar-refractivity contribution in [3.05, 3.63) is 52.4 Å². The highest BCUT2D eigenvalue weighted by atomic mass is 32.2. The first kappa shape index (κ1) is 29.6. The molecule has 7 rings (SSSR count). The van der Waals surface area contributed by atoms with Gasteiger partial charge in [-0.3, -0.25) is 4.79 Å². The Morgan fingerprint density at radius 3 is 2.61 bits per heavy atom. The number of allylic oxidation sites excluding steroid dienone is 4. The highest BCUT2D eigenvalue weighted by molar-refractivity contribution is 7.89. The first-order valence-corrected chi connectivity index (χ1v) is 17.5. The molecule has 2 aromatic heterocycles. The van der Waals surface area contributed by atoms with Crippen molar-refractivity contribution >= 4 is 50.3 Å². The lowest BCUT2D eigenvalue weighted by molar-refractivity contribution is -0.121. The molecule has 1 N–H and O–H groups in total. The largest absolute Gasteiger partial charge is 0.477 e. The number of sulfonamides is 1. The van der Waals surface area contributed by atoms with E-state index in [1.54, 1.807) is 35.3 Å². The minimum absolute atomic E-state index is 0.0166. The molecule has 4 atom stereocenters. The van der Waals surface area contributed by atoms with Crippen LogP contribution in [0.15, 0.2) is 47.5 Å². The van der Waals surface area contributed by atoms with Crippen molar-refractivity contribution in [3.63, 3.8) is 0 Å². The second kappa shape index (κ2) is 11.7. The van der Waals surface area contributed by atoms with Gasteiger partial charge in [-0.05, 0) is 55.0 Å². The number of aromatic carboxylic acids is 1. The van der Waals surface area contributed by atoms with E-state index < -0.39 is 40.7 Å². The van der Waals surface area contributed by atoms with E-state index in [1.807, 2.05) is 0 Å². The Bertz CT molecular complexity index is 1620. The Balaban J connectivity index is 1.19. The molecule has 1 amide bonds. The SMILES string of the molecule is O=C(O)c1sc(C2=CCC(F)C=C2)cc1N1C(=O)CN(S(=O)(=O)c2ccc(N3C[C@H]4C[C@@H]3CO4)nc2)C[C@H]1C1CCCCC1. The van der Waals surface area contributed by atoms with Crippen molar-refractivity contribution in [2.45, 2.75) is 74.2 Å². The second-order valence-corrected chi connectivity index (χ2v) is 15.3. The number of alkyl halides is 1. The Hall–Kier alpha value is -3.13. The highest BCUT2D eigenvalue weighted by Crippen LogP contribution is 2.42. The fraction of sp³-hybridized carbons (Fsp3) is 0.516. The lowest BCUT2D eigenvalue weighted by atomic mass is 9.82. The molecular formula is C31H35FN4O6S2. The molecule has 2 aromatic rings. The molecule has 4 fully saturated rings. The maximum absolute atomic E-state index is 14.0. The van der Waals surface area contributed by atoms with Gasteiger partial charge in [-0.2, -0.15) is 4.31 Å². The van der Waals surface area contributed by atoms with E-state index in [0.29, 0.717) is 22.9 Å². The number of fused-ring (bicyclic) bond motifs is 2. The van der Waals surface area contributed by atoms with E-state index in [4.69, 9.17) is 4.74 Å². The summed E-state index contributed by atoms with van der Waals surface area (Å²) in [5.74, 6) is -0.892. The van der Waals surface area contributed by atoms with Gasteiger partial charge in [0, 0.05) is 30.6 Å².